The molecule has 1 aliphatic carbocycles. The Bertz CT molecular complexity index is 1640. The van der Waals surface area contributed by atoms with Gasteiger partial charge in [-0.05, 0) is 67.3 Å². The monoisotopic (exact) mass is 543 g/mol. The van der Waals surface area contributed by atoms with Gasteiger partial charge in [0, 0.05) is 42.2 Å². The molecule has 204 valence electrons. The number of aryl methyl sites for hydroxylation is 1. The first-order chi connectivity index (χ1) is 19.4. The highest BCUT2D eigenvalue weighted by Gasteiger charge is 2.43. The molecule has 0 radical (unpaired) electrons. The summed E-state index contributed by atoms with van der Waals surface area (Å²) in [6.07, 6.45) is 2.80. The Labute approximate surface area is 229 Å². The van der Waals surface area contributed by atoms with Crippen LogP contribution in [0.2, 0.25) is 0 Å². The lowest BCUT2D eigenvalue weighted by atomic mass is 9.96. The van der Waals surface area contributed by atoms with Gasteiger partial charge in [-0.15, -0.1) is 8.78 Å². The molecule has 40 heavy (non-hydrogen) atoms. The second-order valence-electron chi connectivity index (χ2n) is 10.3. The van der Waals surface area contributed by atoms with Crippen molar-refractivity contribution in [1.29, 1.82) is 0 Å². The van der Waals surface area contributed by atoms with Crippen molar-refractivity contribution in [3.8, 4) is 28.5 Å². The van der Waals surface area contributed by atoms with E-state index in [9.17, 15) is 8.78 Å². The fourth-order valence-electron chi connectivity index (χ4n) is 5.79. The SMILES string of the molecule is COc1cccc(C2=Cc3c(ncnc3N3CCC(c4nc(-c5ccc6c(c5)OC(F)(F)O6)c(C)[nH]4)CC3)C2)c1. The number of hydrogen-bond donors (Lipinski definition) is 1. The molecule has 0 bridgehead atoms. The summed E-state index contributed by atoms with van der Waals surface area (Å²) in [6, 6.07) is 12.9. The number of rotatable bonds is 5. The molecule has 1 fully saturated rings. The first-order valence-electron chi connectivity index (χ1n) is 13.3. The van der Waals surface area contributed by atoms with Gasteiger partial charge in [0.25, 0.3) is 0 Å². The molecular weight excluding hydrogens is 516 g/mol. The van der Waals surface area contributed by atoms with Gasteiger partial charge < -0.3 is 24.1 Å². The van der Waals surface area contributed by atoms with E-state index in [2.05, 4.69) is 47.5 Å². The number of H-pyrrole nitrogens is 1. The molecule has 3 aliphatic rings. The maximum absolute atomic E-state index is 13.5. The van der Waals surface area contributed by atoms with Crippen molar-refractivity contribution in [3.05, 3.63) is 77.1 Å². The highest BCUT2D eigenvalue weighted by atomic mass is 19.3. The topological polar surface area (TPSA) is 85.4 Å². The van der Waals surface area contributed by atoms with Crippen LogP contribution in [0.15, 0.2) is 48.8 Å². The zero-order valence-corrected chi connectivity index (χ0v) is 22.1. The number of ether oxygens (including phenoxy) is 3. The van der Waals surface area contributed by atoms with Crippen LogP contribution in [0.5, 0.6) is 17.2 Å². The van der Waals surface area contributed by atoms with E-state index in [-0.39, 0.29) is 17.4 Å². The molecule has 4 aromatic rings. The second-order valence-corrected chi connectivity index (χ2v) is 10.3. The molecule has 2 aromatic heterocycles. The Morgan fingerprint density at radius 2 is 1.85 bits per heavy atom. The standard InChI is InChI=1S/C30H27F2N5O3/c1-17-27(20-6-7-25-26(15-20)40-30(31,32)39-25)36-28(35-17)18-8-10-37(11-9-18)29-23-13-21(14-24(23)33-16-34-29)19-4-3-5-22(12-19)38-2/h3-7,12-13,15-16,18H,8-11,14H2,1-2H3,(H,35,36). The molecule has 7 rings (SSSR count). The highest BCUT2D eigenvalue weighted by Crippen LogP contribution is 2.43. The third-order valence-corrected chi connectivity index (χ3v) is 7.82. The number of alkyl halides is 2. The molecule has 0 amide bonds. The van der Waals surface area contributed by atoms with Crippen molar-refractivity contribution in [3.63, 3.8) is 0 Å². The lowest BCUT2D eigenvalue weighted by Crippen LogP contribution is -2.34. The lowest BCUT2D eigenvalue weighted by molar-refractivity contribution is -0.286. The van der Waals surface area contributed by atoms with Crippen LogP contribution in [0, 0.1) is 6.92 Å². The van der Waals surface area contributed by atoms with Crippen molar-refractivity contribution in [2.24, 2.45) is 0 Å². The minimum absolute atomic E-state index is 0.0146. The van der Waals surface area contributed by atoms with Crippen LogP contribution >= 0.6 is 0 Å². The molecule has 1 saturated heterocycles. The lowest BCUT2D eigenvalue weighted by Gasteiger charge is -2.32. The van der Waals surface area contributed by atoms with Crippen molar-refractivity contribution >= 4 is 17.5 Å². The predicted molar refractivity (Wildman–Crippen MR) is 146 cm³/mol. The summed E-state index contributed by atoms with van der Waals surface area (Å²) >= 11 is 0. The fraction of sp³-hybridized carbons (Fsp3) is 0.300. The van der Waals surface area contributed by atoms with Gasteiger partial charge in [-0.1, -0.05) is 12.1 Å². The van der Waals surface area contributed by atoms with Gasteiger partial charge in [-0.3, -0.25) is 0 Å². The molecule has 10 heteroatoms. The Kier molecular flexibility index (Phi) is 5.72. The molecule has 8 nitrogen and oxygen atoms in total. The van der Waals surface area contributed by atoms with Crippen LogP contribution in [0.4, 0.5) is 14.6 Å². The van der Waals surface area contributed by atoms with Gasteiger partial charge in [0.2, 0.25) is 0 Å². The number of nitrogens with zero attached hydrogens (tertiary/aromatic N) is 4. The predicted octanol–water partition coefficient (Wildman–Crippen LogP) is 5.99. The number of aromatic amines is 1. The average Bonchev–Trinajstić information content (AvgIpc) is 3.66. The van der Waals surface area contributed by atoms with E-state index in [1.54, 1.807) is 25.6 Å². The van der Waals surface area contributed by atoms with Crippen molar-refractivity contribution in [2.45, 2.75) is 38.4 Å². The minimum Gasteiger partial charge on any atom is -0.497 e. The molecule has 1 N–H and O–H groups in total. The number of methoxy groups -OCH3 is 1. The largest absolute Gasteiger partial charge is 0.586 e. The fourth-order valence-corrected chi connectivity index (χ4v) is 5.79. The number of anilines is 1. The number of fused-ring (bicyclic) bond motifs is 2. The summed E-state index contributed by atoms with van der Waals surface area (Å²) in [4.78, 5) is 19.9. The van der Waals surface area contributed by atoms with Crippen LogP contribution < -0.4 is 19.1 Å². The number of benzene rings is 2. The third kappa shape index (κ3) is 4.33. The van der Waals surface area contributed by atoms with Crippen LogP contribution in [0.3, 0.4) is 0 Å². The summed E-state index contributed by atoms with van der Waals surface area (Å²) in [6.45, 7) is 3.62. The Hall–Kier alpha value is -4.47. The Morgan fingerprint density at radius 1 is 1.02 bits per heavy atom. The number of allylic oxidation sites excluding steroid dienone is 1. The summed E-state index contributed by atoms with van der Waals surface area (Å²) in [5.74, 6) is 2.99. The number of aromatic nitrogens is 4. The van der Waals surface area contributed by atoms with E-state index >= 15 is 0 Å². The summed E-state index contributed by atoms with van der Waals surface area (Å²) in [5.41, 5.74) is 6.77. The number of imidazole rings is 1. The van der Waals surface area contributed by atoms with E-state index in [1.807, 2.05) is 19.1 Å². The zero-order valence-electron chi connectivity index (χ0n) is 22.1. The van der Waals surface area contributed by atoms with Gasteiger partial charge in [0.1, 0.15) is 23.7 Å². The second kappa shape index (κ2) is 9.32. The molecule has 0 saturated carbocycles. The minimum atomic E-state index is -3.64. The Balaban J connectivity index is 1.07. The van der Waals surface area contributed by atoms with Crippen molar-refractivity contribution < 1.29 is 23.0 Å². The normalized spacial score (nSPS) is 17.6. The summed E-state index contributed by atoms with van der Waals surface area (Å²) in [7, 11) is 1.68. The molecule has 0 unspecified atom stereocenters. The molecule has 0 spiro atoms. The smallest absolute Gasteiger partial charge is 0.497 e. The first kappa shape index (κ1) is 24.6. The summed E-state index contributed by atoms with van der Waals surface area (Å²) < 4.78 is 41.5. The van der Waals surface area contributed by atoms with E-state index in [0.29, 0.717) is 5.56 Å². The number of halogens is 2. The van der Waals surface area contributed by atoms with E-state index in [4.69, 9.17) is 9.72 Å². The average molecular weight is 544 g/mol. The van der Waals surface area contributed by atoms with E-state index in [0.717, 1.165) is 78.0 Å². The summed E-state index contributed by atoms with van der Waals surface area (Å²) in [5, 5.41) is 0. The number of piperidine rings is 1. The van der Waals surface area contributed by atoms with Crippen LogP contribution in [0.1, 0.15) is 47.1 Å². The van der Waals surface area contributed by atoms with Crippen molar-refractivity contribution in [1.82, 2.24) is 19.9 Å². The van der Waals surface area contributed by atoms with Gasteiger partial charge in [-0.2, -0.15) is 0 Å². The molecule has 0 atom stereocenters. The van der Waals surface area contributed by atoms with Crippen LogP contribution in [0.25, 0.3) is 22.9 Å². The quantitative estimate of drug-likeness (QED) is 0.331. The zero-order chi connectivity index (χ0) is 27.4. The van der Waals surface area contributed by atoms with Gasteiger partial charge >= 0.3 is 6.29 Å². The van der Waals surface area contributed by atoms with Crippen molar-refractivity contribution in [2.75, 3.05) is 25.1 Å². The first-order valence-corrected chi connectivity index (χ1v) is 13.3. The Morgan fingerprint density at radius 3 is 2.67 bits per heavy atom. The maximum Gasteiger partial charge on any atom is 0.586 e. The van der Waals surface area contributed by atoms with Gasteiger partial charge in [-0.25, -0.2) is 15.0 Å². The van der Waals surface area contributed by atoms with Gasteiger partial charge in [0.05, 0.1) is 18.5 Å². The van der Waals surface area contributed by atoms with E-state index in [1.165, 1.54) is 11.6 Å². The number of hydrogen-bond acceptors (Lipinski definition) is 7. The maximum atomic E-state index is 13.5. The van der Waals surface area contributed by atoms with Crippen LogP contribution in [-0.2, 0) is 6.42 Å². The van der Waals surface area contributed by atoms with Crippen LogP contribution in [-0.4, -0.2) is 46.4 Å². The molecular formula is C30H27F2N5O3. The van der Waals surface area contributed by atoms with E-state index < -0.39 is 6.29 Å². The molecule has 4 heterocycles. The number of nitrogens with one attached hydrogen (secondary N) is 1. The third-order valence-electron chi connectivity index (χ3n) is 7.82. The molecule has 2 aliphatic heterocycles. The van der Waals surface area contributed by atoms with Gasteiger partial charge in [0.15, 0.2) is 11.5 Å². The molecule has 2 aromatic carbocycles. The highest BCUT2D eigenvalue weighted by molar-refractivity contribution is 5.91.